The Bertz CT molecular complexity index is 545. The molecule has 0 aromatic heterocycles. The molecule has 1 amide bonds. The van der Waals surface area contributed by atoms with E-state index in [4.69, 9.17) is 5.73 Å². The van der Waals surface area contributed by atoms with Gasteiger partial charge < -0.3 is 10.6 Å². The summed E-state index contributed by atoms with van der Waals surface area (Å²) < 4.78 is 26.3. The van der Waals surface area contributed by atoms with Gasteiger partial charge in [0.25, 0.3) is 0 Å². The Morgan fingerprint density at radius 3 is 2.62 bits per heavy atom. The Morgan fingerprint density at radius 2 is 2.05 bits per heavy atom. The van der Waals surface area contributed by atoms with E-state index in [0.29, 0.717) is 18.7 Å². The number of carbonyl (C=O) groups is 1. The molecule has 0 radical (unpaired) electrons. The highest BCUT2D eigenvalue weighted by molar-refractivity contribution is 5.83. The average molecular weight is 296 g/mol. The van der Waals surface area contributed by atoms with E-state index in [-0.39, 0.29) is 17.4 Å². The predicted octanol–water partition coefficient (Wildman–Crippen LogP) is 2.65. The van der Waals surface area contributed by atoms with Gasteiger partial charge in [0.1, 0.15) is 0 Å². The lowest BCUT2D eigenvalue weighted by Gasteiger charge is -2.43. The van der Waals surface area contributed by atoms with Crippen LogP contribution in [0.25, 0.3) is 0 Å². The third-order valence-corrected chi connectivity index (χ3v) is 4.44. The van der Waals surface area contributed by atoms with Crippen LogP contribution < -0.4 is 5.73 Å². The van der Waals surface area contributed by atoms with Gasteiger partial charge in [0.15, 0.2) is 11.6 Å². The Hall–Kier alpha value is -1.49. The summed E-state index contributed by atoms with van der Waals surface area (Å²) in [4.78, 5) is 14.3. The Kier molecular flexibility index (Phi) is 4.33. The largest absolute Gasteiger partial charge is 0.342 e. The minimum atomic E-state index is -0.923. The van der Waals surface area contributed by atoms with Gasteiger partial charge in [-0.2, -0.15) is 0 Å². The van der Waals surface area contributed by atoms with Crippen molar-refractivity contribution in [3.05, 3.63) is 35.4 Å². The van der Waals surface area contributed by atoms with Crippen molar-refractivity contribution in [2.75, 3.05) is 13.1 Å². The molecule has 5 heteroatoms. The van der Waals surface area contributed by atoms with Crippen molar-refractivity contribution in [2.24, 2.45) is 11.1 Å². The third kappa shape index (κ3) is 3.23. The average Bonchev–Trinajstić information content (AvgIpc) is 2.43. The number of carbonyl (C=O) groups excluding carboxylic acids is 1. The number of benzene rings is 1. The van der Waals surface area contributed by atoms with E-state index in [0.717, 1.165) is 18.6 Å². The second-order valence-electron chi connectivity index (χ2n) is 6.54. The van der Waals surface area contributed by atoms with E-state index in [9.17, 15) is 13.6 Å². The van der Waals surface area contributed by atoms with Gasteiger partial charge in [0, 0.05) is 19.1 Å². The van der Waals surface area contributed by atoms with Gasteiger partial charge in [-0.05, 0) is 36.5 Å². The minimum absolute atomic E-state index is 0.0685. The number of halogens is 2. The molecule has 1 aliphatic heterocycles. The van der Waals surface area contributed by atoms with Crippen LogP contribution >= 0.6 is 0 Å². The van der Waals surface area contributed by atoms with E-state index >= 15 is 0 Å². The summed E-state index contributed by atoms with van der Waals surface area (Å²) in [6.07, 6.45) is 0.753. The topological polar surface area (TPSA) is 46.3 Å². The second-order valence-corrected chi connectivity index (χ2v) is 6.54. The maximum absolute atomic E-state index is 13.3. The van der Waals surface area contributed by atoms with Crippen LogP contribution in [0.15, 0.2) is 18.2 Å². The summed E-state index contributed by atoms with van der Waals surface area (Å²) in [5.41, 5.74) is 6.42. The lowest BCUT2D eigenvalue weighted by atomic mass is 9.79. The SMILES string of the molecule is CC(C(=O)N1CCC(N)C(C)(C)C1)c1ccc(F)c(F)c1. The van der Waals surface area contributed by atoms with Crippen molar-refractivity contribution < 1.29 is 13.6 Å². The zero-order valence-corrected chi connectivity index (χ0v) is 12.7. The Labute approximate surface area is 124 Å². The molecule has 1 aromatic rings. The van der Waals surface area contributed by atoms with Crippen LogP contribution in [0.4, 0.5) is 8.78 Å². The number of nitrogens with two attached hydrogens (primary N) is 1. The van der Waals surface area contributed by atoms with Crippen LogP contribution in [-0.4, -0.2) is 29.9 Å². The van der Waals surface area contributed by atoms with Gasteiger partial charge in [0.05, 0.1) is 5.92 Å². The standard InChI is InChI=1S/C16H22F2N2O/c1-10(11-4-5-12(17)13(18)8-11)15(21)20-7-6-14(19)16(2,3)9-20/h4-5,8,10,14H,6-7,9,19H2,1-3H3. The molecule has 116 valence electrons. The maximum Gasteiger partial charge on any atom is 0.229 e. The Morgan fingerprint density at radius 1 is 1.38 bits per heavy atom. The third-order valence-electron chi connectivity index (χ3n) is 4.44. The monoisotopic (exact) mass is 296 g/mol. The summed E-state index contributed by atoms with van der Waals surface area (Å²) in [6.45, 7) is 6.99. The number of likely N-dealkylation sites (tertiary alicyclic amines) is 1. The molecule has 1 aromatic carbocycles. The van der Waals surface area contributed by atoms with Crippen LogP contribution in [0.3, 0.4) is 0 Å². The summed E-state index contributed by atoms with van der Waals surface area (Å²) in [6, 6.07) is 3.69. The second kappa shape index (κ2) is 5.72. The fourth-order valence-electron chi connectivity index (χ4n) is 2.76. The number of piperidine rings is 1. The Balaban J connectivity index is 2.14. The molecule has 2 unspecified atom stereocenters. The molecule has 21 heavy (non-hydrogen) atoms. The van der Waals surface area contributed by atoms with Crippen LogP contribution in [0.1, 0.15) is 38.7 Å². The van der Waals surface area contributed by atoms with Crippen LogP contribution in [0.2, 0.25) is 0 Å². The maximum atomic E-state index is 13.3. The van der Waals surface area contributed by atoms with Crippen molar-refractivity contribution in [1.29, 1.82) is 0 Å². The van der Waals surface area contributed by atoms with Crippen molar-refractivity contribution in [3.63, 3.8) is 0 Å². The van der Waals surface area contributed by atoms with Crippen LogP contribution in [-0.2, 0) is 4.79 Å². The highest BCUT2D eigenvalue weighted by atomic mass is 19.2. The summed E-state index contributed by atoms with van der Waals surface area (Å²) >= 11 is 0. The number of amides is 1. The number of rotatable bonds is 2. The van der Waals surface area contributed by atoms with Crippen molar-refractivity contribution in [3.8, 4) is 0 Å². The van der Waals surface area contributed by atoms with Crippen molar-refractivity contribution in [2.45, 2.75) is 39.2 Å². The number of nitrogens with zero attached hydrogens (tertiary/aromatic N) is 1. The molecule has 2 atom stereocenters. The fourth-order valence-corrected chi connectivity index (χ4v) is 2.76. The first-order valence-electron chi connectivity index (χ1n) is 7.21. The number of hydrogen-bond donors (Lipinski definition) is 1. The van der Waals surface area contributed by atoms with E-state index < -0.39 is 17.6 Å². The van der Waals surface area contributed by atoms with Gasteiger partial charge in [-0.25, -0.2) is 8.78 Å². The normalized spacial score (nSPS) is 23.0. The highest BCUT2D eigenvalue weighted by Crippen LogP contribution is 2.30. The highest BCUT2D eigenvalue weighted by Gasteiger charge is 2.36. The van der Waals surface area contributed by atoms with Crippen LogP contribution in [0, 0.1) is 17.0 Å². The molecule has 1 saturated heterocycles. The number of hydrogen-bond acceptors (Lipinski definition) is 2. The van der Waals surface area contributed by atoms with Gasteiger partial charge in [-0.3, -0.25) is 4.79 Å². The molecule has 3 nitrogen and oxygen atoms in total. The van der Waals surface area contributed by atoms with Crippen molar-refractivity contribution in [1.82, 2.24) is 4.90 Å². The quantitative estimate of drug-likeness (QED) is 0.912. The molecule has 0 bridgehead atoms. The minimum Gasteiger partial charge on any atom is -0.342 e. The van der Waals surface area contributed by atoms with Gasteiger partial charge in [-0.15, -0.1) is 0 Å². The van der Waals surface area contributed by atoms with E-state index in [1.165, 1.54) is 6.07 Å². The fraction of sp³-hybridized carbons (Fsp3) is 0.562. The summed E-state index contributed by atoms with van der Waals surface area (Å²) in [5.74, 6) is -2.39. The van der Waals surface area contributed by atoms with Crippen molar-refractivity contribution >= 4 is 5.91 Å². The van der Waals surface area contributed by atoms with Gasteiger partial charge in [0.2, 0.25) is 5.91 Å². The first-order valence-corrected chi connectivity index (χ1v) is 7.21. The van der Waals surface area contributed by atoms with Gasteiger partial charge >= 0.3 is 0 Å². The molecule has 1 aliphatic rings. The van der Waals surface area contributed by atoms with E-state index in [1.54, 1.807) is 11.8 Å². The molecule has 0 aliphatic carbocycles. The molecule has 1 heterocycles. The van der Waals surface area contributed by atoms with Crippen LogP contribution in [0.5, 0.6) is 0 Å². The first kappa shape index (κ1) is 15.9. The molecule has 1 fully saturated rings. The molecule has 0 spiro atoms. The van der Waals surface area contributed by atoms with Gasteiger partial charge in [-0.1, -0.05) is 19.9 Å². The first-order chi connectivity index (χ1) is 9.72. The predicted molar refractivity (Wildman–Crippen MR) is 77.7 cm³/mol. The zero-order chi connectivity index (χ0) is 15.8. The zero-order valence-electron chi connectivity index (χ0n) is 12.7. The van der Waals surface area contributed by atoms with E-state index in [1.807, 2.05) is 13.8 Å². The molecular weight excluding hydrogens is 274 g/mol. The van der Waals surface area contributed by atoms with E-state index in [2.05, 4.69) is 0 Å². The smallest absolute Gasteiger partial charge is 0.229 e. The summed E-state index contributed by atoms with van der Waals surface area (Å²) in [5, 5.41) is 0. The molecule has 2 N–H and O–H groups in total. The lowest BCUT2D eigenvalue weighted by molar-refractivity contribution is -0.135. The lowest BCUT2D eigenvalue weighted by Crippen LogP contribution is -2.54. The molecule has 0 saturated carbocycles. The molecular formula is C16H22F2N2O. The summed E-state index contributed by atoms with van der Waals surface area (Å²) in [7, 11) is 0. The molecule has 2 rings (SSSR count).